The Hall–Kier alpha value is -3.40. The van der Waals surface area contributed by atoms with Crippen LogP contribution in [0.25, 0.3) is 16.6 Å². The zero-order valence-corrected chi connectivity index (χ0v) is 21.9. The van der Waals surface area contributed by atoms with Gasteiger partial charge in [0.05, 0.1) is 29.8 Å². The summed E-state index contributed by atoms with van der Waals surface area (Å²) in [7, 11) is -2.06. The minimum absolute atomic E-state index is 0.129. The van der Waals surface area contributed by atoms with Crippen molar-refractivity contribution in [2.24, 2.45) is 0 Å². The van der Waals surface area contributed by atoms with Crippen LogP contribution in [0.3, 0.4) is 0 Å². The molecule has 1 saturated carbocycles. The molecule has 1 fully saturated rings. The lowest BCUT2D eigenvalue weighted by Gasteiger charge is -2.25. The van der Waals surface area contributed by atoms with Crippen LogP contribution in [0, 0.1) is 6.92 Å². The zero-order valence-electron chi connectivity index (χ0n) is 21.1. The fraction of sp³-hybridized carbons (Fsp3) is 0.423. The molecule has 0 radical (unpaired) electrons. The third-order valence-corrected chi connectivity index (χ3v) is 7.45. The van der Waals surface area contributed by atoms with Gasteiger partial charge in [0.1, 0.15) is 5.69 Å². The Labute approximate surface area is 211 Å². The summed E-state index contributed by atoms with van der Waals surface area (Å²) in [6.07, 6.45) is 3.51. The van der Waals surface area contributed by atoms with E-state index in [0.717, 1.165) is 29.7 Å². The Morgan fingerprint density at radius 3 is 2.47 bits per heavy atom. The van der Waals surface area contributed by atoms with Crippen molar-refractivity contribution in [2.75, 3.05) is 30.8 Å². The molecule has 36 heavy (non-hydrogen) atoms. The number of hydrogen-bond acceptors (Lipinski definition) is 6. The number of benzene rings is 2. The lowest BCUT2D eigenvalue weighted by molar-refractivity contribution is -0.143. The number of ether oxygens (including phenoxy) is 1. The highest BCUT2D eigenvalue weighted by atomic mass is 32.2. The van der Waals surface area contributed by atoms with Gasteiger partial charge in [-0.25, -0.2) is 13.1 Å². The number of carbonyl (C=O) groups is 2. The minimum atomic E-state index is -3.64. The van der Waals surface area contributed by atoms with Crippen molar-refractivity contribution in [3.8, 4) is 5.69 Å². The van der Waals surface area contributed by atoms with Gasteiger partial charge in [-0.1, -0.05) is 17.7 Å². The van der Waals surface area contributed by atoms with Crippen molar-refractivity contribution in [3.63, 3.8) is 0 Å². The maximum Gasteiger partial charge on any atom is 0.305 e. The SMILES string of the molecule is CCOC(=O)CCCN(c1cc2nn(-c3ccc(C)cc3)c(C(=O)NC)c2cc1C1CC1)S(C)(=O)=O. The second-order valence-corrected chi connectivity index (χ2v) is 11.0. The molecule has 0 unspecified atom stereocenters. The molecular weight excluding hydrogens is 480 g/mol. The van der Waals surface area contributed by atoms with Crippen molar-refractivity contribution >= 4 is 38.5 Å². The summed E-state index contributed by atoms with van der Waals surface area (Å²) in [5, 5.41) is 8.09. The minimum Gasteiger partial charge on any atom is -0.466 e. The quantitative estimate of drug-likeness (QED) is 0.415. The van der Waals surface area contributed by atoms with Gasteiger partial charge >= 0.3 is 5.97 Å². The van der Waals surface area contributed by atoms with E-state index in [2.05, 4.69) is 5.32 Å². The lowest BCUT2D eigenvalue weighted by atomic mass is 10.0. The van der Waals surface area contributed by atoms with Gasteiger partial charge in [0.25, 0.3) is 5.91 Å². The third-order valence-electron chi connectivity index (χ3n) is 6.27. The molecule has 1 aliphatic rings. The smallest absolute Gasteiger partial charge is 0.305 e. The molecule has 1 N–H and O–H groups in total. The number of nitrogens with zero attached hydrogens (tertiary/aromatic N) is 3. The number of anilines is 1. The van der Waals surface area contributed by atoms with E-state index in [1.54, 1.807) is 24.7 Å². The summed E-state index contributed by atoms with van der Waals surface area (Å²) in [5.41, 5.74) is 4.16. The second-order valence-electron chi connectivity index (χ2n) is 9.12. The molecule has 1 aromatic heterocycles. The van der Waals surface area contributed by atoms with Gasteiger partial charge in [-0.3, -0.25) is 13.9 Å². The van der Waals surface area contributed by atoms with Crippen LogP contribution in [0.5, 0.6) is 0 Å². The normalized spacial score (nSPS) is 13.6. The predicted molar refractivity (Wildman–Crippen MR) is 139 cm³/mol. The largest absolute Gasteiger partial charge is 0.466 e. The number of aryl methyl sites for hydroxylation is 1. The summed E-state index contributed by atoms with van der Waals surface area (Å²) in [4.78, 5) is 24.8. The highest BCUT2D eigenvalue weighted by molar-refractivity contribution is 7.92. The summed E-state index contributed by atoms with van der Waals surface area (Å²) in [5.74, 6) is -0.420. The Morgan fingerprint density at radius 1 is 1.19 bits per heavy atom. The Bertz CT molecular complexity index is 1390. The monoisotopic (exact) mass is 512 g/mol. The maximum atomic E-state index is 13.0. The fourth-order valence-electron chi connectivity index (χ4n) is 4.35. The van der Waals surface area contributed by atoms with Crippen LogP contribution in [-0.4, -0.2) is 56.5 Å². The Kier molecular flexibility index (Phi) is 7.35. The Morgan fingerprint density at radius 2 is 1.89 bits per heavy atom. The van der Waals surface area contributed by atoms with E-state index in [0.29, 0.717) is 28.7 Å². The zero-order chi connectivity index (χ0) is 26.0. The number of carbonyl (C=O) groups excluding carboxylic acids is 2. The van der Waals surface area contributed by atoms with Crippen molar-refractivity contribution in [1.29, 1.82) is 0 Å². The van der Waals surface area contributed by atoms with Gasteiger partial charge in [-0.2, -0.15) is 5.10 Å². The second kappa shape index (κ2) is 10.3. The number of amides is 1. The average Bonchev–Trinajstić information content (AvgIpc) is 3.61. The molecule has 0 atom stereocenters. The molecule has 0 bridgehead atoms. The summed E-state index contributed by atoms with van der Waals surface area (Å²) >= 11 is 0. The molecule has 2 aromatic carbocycles. The number of sulfonamides is 1. The molecule has 1 heterocycles. The van der Waals surface area contributed by atoms with Crippen molar-refractivity contribution < 1.29 is 22.7 Å². The van der Waals surface area contributed by atoms with E-state index in [1.165, 1.54) is 10.6 Å². The number of nitrogens with one attached hydrogen (secondary N) is 1. The van der Waals surface area contributed by atoms with Crippen molar-refractivity contribution in [3.05, 3.63) is 53.2 Å². The molecule has 1 amide bonds. The highest BCUT2D eigenvalue weighted by Crippen LogP contribution is 2.46. The van der Waals surface area contributed by atoms with Crippen LogP contribution in [0.15, 0.2) is 36.4 Å². The molecule has 0 aliphatic heterocycles. The van der Waals surface area contributed by atoms with E-state index >= 15 is 0 Å². The standard InChI is InChI=1S/C26H32N4O5S/c1-5-35-24(31)7-6-14-29(36(4,33)34)23-16-22-21(15-20(23)18-10-11-18)25(26(32)27-3)30(28-22)19-12-8-17(2)9-13-19/h8-9,12-13,15-16,18H,5-7,10-11,14H2,1-4H3,(H,27,32). The predicted octanol–water partition coefficient (Wildman–Crippen LogP) is 3.68. The van der Waals surface area contributed by atoms with Gasteiger partial charge in [0.2, 0.25) is 10.0 Å². The molecule has 3 aromatic rings. The average molecular weight is 513 g/mol. The molecule has 1 aliphatic carbocycles. The maximum absolute atomic E-state index is 13.0. The molecule has 0 saturated heterocycles. The molecule has 192 valence electrons. The van der Waals surface area contributed by atoms with Crippen LogP contribution in [0.2, 0.25) is 0 Å². The molecule has 9 nitrogen and oxygen atoms in total. The number of rotatable bonds is 10. The van der Waals surface area contributed by atoms with Crippen LogP contribution >= 0.6 is 0 Å². The lowest BCUT2D eigenvalue weighted by Crippen LogP contribution is -2.32. The highest BCUT2D eigenvalue weighted by Gasteiger charge is 2.32. The molecule has 4 rings (SSSR count). The van der Waals surface area contributed by atoms with Crippen LogP contribution in [-0.2, 0) is 19.6 Å². The Balaban J connectivity index is 1.84. The first-order chi connectivity index (χ1) is 17.1. The number of aromatic nitrogens is 2. The topological polar surface area (TPSA) is 111 Å². The van der Waals surface area contributed by atoms with Gasteiger partial charge in [0, 0.05) is 25.4 Å². The van der Waals surface area contributed by atoms with E-state index in [9.17, 15) is 18.0 Å². The first kappa shape index (κ1) is 25.7. The first-order valence-corrected chi connectivity index (χ1v) is 14.0. The molecular formula is C26H32N4O5S. The number of esters is 1. The molecule has 0 spiro atoms. The van der Waals surface area contributed by atoms with Gasteiger partial charge in [0.15, 0.2) is 0 Å². The van der Waals surface area contributed by atoms with Gasteiger partial charge < -0.3 is 10.1 Å². The van der Waals surface area contributed by atoms with Crippen molar-refractivity contribution in [2.45, 2.75) is 45.4 Å². The van der Waals surface area contributed by atoms with Crippen LogP contribution in [0.4, 0.5) is 5.69 Å². The van der Waals surface area contributed by atoms with Crippen LogP contribution < -0.4 is 9.62 Å². The first-order valence-electron chi connectivity index (χ1n) is 12.1. The summed E-state index contributed by atoms with van der Waals surface area (Å²) in [6.45, 7) is 4.15. The van der Waals surface area contributed by atoms with E-state index < -0.39 is 10.0 Å². The van der Waals surface area contributed by atoms with E-state index in [4.69, 9.17) is 9.84 Å². The van der Waals surface area contributed by atoms with Gasteiger partial charge in [-0.05, 0) is 68.9 Å². The molecule has 10 heteroatoms. The van der Waals surface area contributed by atoms with E-state index in [-0.39, 0.29) is 37.4 Å². The summed E-state index contributed by atoms with van der Waals surface area (Å²) < 4.78 is 33.7. The van der Waals surface area contributed by atoms with Crippen LogP contribution in [0.1, 0.15) is 60.1 Å². The summed E-state index contributed by atoms with van der Waals surface area (Å²) in [6, 6.07) is 11.4. The number of hydrogen-bond donors (Lipinski definition) is 1. The van der Waals surface area contributed by atoms with Gasteiger partial charge in [-0.15, -0.1) is 0 Å². The third kappa shape index (κ3) is 5.38. The van der Waals surface area contributed by atoms with E-state index in [1.807, 2.05) is 37.3 Å². The fourth-order valence-corrected chi connectivity index (χ4v) is 5.33. The van der Waals surface area contributed by atoms with Crippen molar-refractivity contribution in [1.82, 2.24) is 15.1 Å². The number of fused-ring (bicyclic) bond motifs is 1.